The number of anilines is 2. The molecule has 10 nitrogen and oxygen atoms in total. The highest BCUT2D eigenvalue weighted by atomic mass is 32.2. The zero-order chi connectivity index (χ0) is 17.8. The molecule has 0 fully saturated rings. The molecule has 24 heavy (non-hydrogen) atoms. The average Bonchev–Trinajstić information content (AvgIpc) is 2.45. The number of ether oxygens (including phenoxy) is 1. The summed E-state index contributed by atoms with van der Waals surface area (Å²) in [6, 6.07) is 6.80. The fourth-order valence-electron chi connectivity index (χ4n) is 1.59. The van der Waals surface area contributed by atoms with Gasteiger partial charge in [0.15, 0.2) is 6.73 Å². The Morgan fingerprint density at radius 3 is 2.62 bits per heavy atom. The van der Waals surface area contributed by atoms with E-state index in [9.17, 15) is 16.8 Å². The van der Waals surface area contributed by atoms with Crippen LogP contribution in [0.2, 0.25) is 0 Å². The third kappa shape index (κ3) is 5.64. The van der Waals surface area contributed by atoms with Gasteiger partial charge in [0.2, 0.25) is 16.0 Å². The van der Waals surface area contributed by atoms with Gasteiger partial charge in [0, 0.05) is 12.3 Å². The lowest BCUT2D eigenvalue weighted by atomic mass is 10.3. The summed E-state index contributed by atoms with van der Waals surface area (Å²) in [5, 5.41) is 2.76. The quantitative estimate of drug-likeness (QED) is 0.466. The summed E-state index contributed by atoms with van der Waals surface area (Å²) in [5.74, 6) is 0.402. The maximum absolute atomic E-state index is 11.1. The van der Waals surface area contributed by atoms with Crippen molar-refractivity contribution in [1.82, 2.24) is 9.97 Å². The Hall–Kier alpha value is -2.44. The summed E-state index contributed by atoms with van der Waals surface area (Å²) >= 11 is 0. The van der Waals surface area contributed by atoms with Crippen LogP contribution in [0.25, 0.3) is 0 Å². The Bertz CT molecular complexity index is 930. The van der Waals surface area contributed by atoms with E-state index in [-0.39, 0.29) is 23.3 Å². The summed E-state index contributed by atoms with van der Waals surface area (Å²) in [4.78, 5) is 7.38. The summed E-state index contributed by atoms with van der Waals surface area (Å²) in [6.45, 7) is -0.0791. The third-order valence-electron chi connectivity index (χ3n) is 2.53. The first kappa shape index (κ1) is 17.9. The number of nitrogens with one attached hydrogen (secondary N) is 2. The van der Waals surface area contributed by atoms with Gasteiger partial charge in [-0.25, -0.2) is 13.4 Å². The number of sulfonamides is 1. The second-order valence-electron chi connectivity index (χ2n) is 4.56. The van der Waals surface area contributed by atoms with E-state index >= 15 is 0 Å². The minimum absolute atomic E-state index is 0.0791. The maximum atomic E-state index is 11.1. The van der Waals surface area contributed by atoms with Crippen LogP contribution in [0.4, 0.5) is 11.8 Å². The zero-order valence-corrected chi connectivity index (χ0v) is 14.0. The van der Waals surface area contributed by atoms with Crippen molar-refractivity contribution in [2.45, 2.75) is 4.90 Å². The number of benzene rings is 1. The van der Waals surface area contributed by atoms with Gasteiger partial charge in [-0.1, -0.05) is 6.07 Å². The molecule has 0 aliphatic carbocycles. The normalized spacial score (nSPS) is 11.8. The monoisotopic (exact) mass is 374 g/mol. The molecule has 0 aliphatic rings. The van der Waals surface area contributed by atoms with E-state index < -0.39 is 20.1 Å². The number of rotatable bonds is 7. The van der Waals surface area contributed by atoms with E-state index in [1.54, 1.807) is 0 Å². The van der Waals surface area contributed by atoms with Crippen LogP contribution in [-0.4, -0.2) is 44.3 Å². The standard InChI is InChI=1S/C12H14N4O6S2/c1-23(17,18)16-12-13-6-5-11(15-12)14-8-22-9-3-2-4-10(7-9)24(19,20)21/h2-7H,8H2,1H3,(H,19,20,21)(H2,13,14,15,16). The molecule has 2 rings (SSSR count). The molecule has 3 N–H and O–H groups in total. The lowest BCUT2D eigenvalue weighted by Crippen LogP contribution is -2.14. The first-order chi connectivity index (χ1) is 11.1. The van der Waals surface area contributed by atoms with Crippen LogP contribution < -0.4 is 14.8 Å². The number of nitrogens with zero attached hydrogens (tertiary/aromatic N) is 2. The van der Waals surface area contributed by atoms with E-state index in [1.165, 1.54) is 30.5 Å². The maximum Gasteiger partial charge on any atom is 0.294 e. The highest BCUT2D eigenvalue weighted by Gasteiger charge is 2.10. The van der Waals surface area contributed by atoms with Crippen molar-refractivity contribution in [3.8, 4) is 5.75 Å². The van der Waals surface area contributed by atoms with Gasteiger partial charge in [0.25, 0.3) is 10.1 Å². The van der Waals surface area contributed by atoms with Crippen LogP contribution >= 0.6 is 0 Å². The second-order valence-corrected chi connectivity index (χ2v) is 7.73. The molecule has 130 valence electrons. The van der Waals surface area contributed by atoms with Gasteiger partial charge in [-0.15, -0.1) is 0 Å². The summed E-state index contributed by atoms with van der Waals surface area (Å²) < 4.78 is 60.7. The Morgan fingerprint density at radius 2 is 1.96 bits per heavy atom. The largest absolute Gasteiger partial charge is 0.473 e. The molecular weight excluding hydrogens is 360 g/mol. The molecule has 2 aromatic rings. The lowest BCUT2D eigenvalue weighted by molar-refractivity contribution is 0.345. The Balaban J connectivity index is 1.99. The van der Waals surface area contributed by atoms with Crippen molar-refractivity contribution < 1.29 is 26.1 Å². The predicted octanol–water partition coefficient (Wildman–Crippen LogP) is 0.543. The lowest BCUT2D eigenvalue weighted by Gasteiger charge is -2.10. The van der Waals surface area contributed by atoms with Crippen LogP contribution in [0, 0.1) is 0 Å². The Kier molecular flexibility index (Phi) is 5.21. The minimum atomic E-state index is -4.31. The van der Waals surface area contributed by atoms with Gasteiger partial charge < -0.3 is 10.1 Å². The molecule has 1 aromatic heterocycles. The fourth-order valence-corrected chi connectivity index (χ4v) is 2.54. The molecule has 0 radical (unpaired) electrons. The molecule has 0 saturated heterocycles. The fraction of sp³-hybridized carbons (Fsp3) is 0.167. The number of hydrogen-bond acceptors (Lipinski definition) is 8. The topological polar surface area (TPSA) is 148 Å². The van der Waals surface area contributed by atoms with Gasteiger partial charge >= 0.3 is 0 Å². The van der Waals surface area contributed by atoms with E-state index in [4.69, 9.17) is 9.29 Å². The molecule has 0 spiro atoms. The smallest absolute Gasteiger partial charge is 0.294 e. The van der Waals surface area contributed by atoms with Crippen LogP contribution in [0.1, 0.15) is 0 Å². The molecule has 1 heterocycles. The van der Waals surface area contributed by atoms with Gasteiger partial charge in [-0.3, -0.25) is 9.27 Å². The predicted molar refractivity (Wildman–Crippen MR) is 85.9 cm³/mol. The molecule has 12 heteroatoms. The van der Waals surface area contributed by atoms with Crippen LogP contribution in [0.3, 0.4) is 0 Å². The third-order valence-corrected chi connectivity index (χ3v) is 3.93. The van der Waals surface area contributed by atoms with Crippen molar-refractivity contribution in [2.75, 3.05) is 23.0 Å². The van der Waals surface area contributed by atoms with Crippen molar-refractivity contribution in [3.05, 3.63) is 36.5 Å². The summed E-state index contributed by atoms with van der Waals surface area (Å²) in [5.41, 5.74) is 0. The average molecular weight is 374 g/mol. The Labute approximate surface area is 138 Å². The highest BCUT2D eigenvalue weighted by molar-refractivity contribution is 7.92. The van der Waals surface area contributed by atoms with Crippen molar-refractivity contribution >= 4 is 31.9 Å². The molecule has 0 atom stereocenters. The van der Waals surface area contributed by atoms with Gasteiger partial charge in [0.05, 0.1) is 11.2 Å². The first-order valence-corrected chi connectivity index (χ1v) is 9.72. The molecule has 0 saturated carbocycles. The summed E-state index contributed by atoms with van der Waals surface area (Å²) in [6.07, 6.45) is 2.32. The van der Waals surface area contributed by atoms with E-state index in [0.717, 1.165) is 12.3 Å². The molecule has 0 aliphatic heterocycles. The Morgan fingerprint density at radius 1 is 1.21 bits per heavy atom. The van der Waals surface area contributed by atoms with Gasteiger partial charge in [0.1, 0.15) is 11.6 Å². The van der Waals surface area contributed by atoms with E-state index in [0.29, 0.717) is 5.82 Å². The van der Waals surface area contributed by atoms with Crippen LogP contribution in [0.5, 0.6) is 5.75 Å². The van der Waals surface area contributed by atoms with Crippen LogP contribution in [-0.2, 0) is 20.1 Å². The molecular formula is C12H14N4O6S2. The van der Waals surface area contributed by atoms with Gasteiger partial charge in [-0.05, 0) is 18.2 Å². The number of aromatic nitrogens is 2. The first-order valence-electron chi connectivity index (χ1n) is 6.38. The van der Waals surface area contributed by atoms with E-state index in [1.807, 2.05) is 0 Å². The summed E-state index contributed by atoms with van der Waals surface area (Å²) in [7, 11) is -7.80. The highest BCUT2D eigenvalue weighted by Crippen LogP contribution is 2.17. The molecule has 0 unspecified atom stereocenters. The number of hydrogen-bond donors (Lipinski definition) is 3. The van der Waals surface area contributed by atoms with Crippen molar-refractivity contribution in [1.29, 1.82) is 0 Å². The molecule has 1 aromatic carbocycles. The van der Waals surface area contributed by atoms with Crippen molar-refractivity contribution in [3.63, 3.8) is 0 Å². The minimum Gasteiger partial charge on any atom is -0.473 e. The SMILES string of the molecule is CS(=O)(=O)Nc1nccc(NCOc2cccc(S(=O)(=O)O)c2)n1. The van der Waals surface area contributed by atoms with Crippen molar-refractivity contribution in [2.24, 2.45) is 0 Å². The van der Waals surface area contributed by atoms with E-state index in [2.05, 4.69) is 20.0 Å². The van der Waals surface area contributed by atoms with Gasteiger partial charge in [-0.2, -0.15) is 13.4 Å². The van der Waals surface area contributed by atoms with Crippen LogP contribution in [0.15, 0.2) is 41.4 Å². The second kappa shape index (κ2) is 6.98. The molecule has 0 bridgehead atoms. The zero-order valence-electron chi connectivity index (χ0n) is 12.4. The molecule has 0 amide bonds.